The Bertz CT molecular complexity index is 1460. The molecule has 5 N–H and O–H groups in total. The van der Waals surface area contributed by atoms with Crippen LogP contribution in [0.4, 0.5) is 4.79 Å². The van der Waals surface area contributed by atoms with Crippen LogP contribution >= 0.6 is 0 Å². The zero-order chi connectivity index (χ0) is 33.7. The van der Waals surface area contributed by atoms with Crippen molar-refractivity contribution in [2.45, 2.75) is 25.7 Å². The van der Waals surface area contributed by atoms with Gasteiger partial charge >= 0.3 is 12.1 Å². The molecule has 0 fully saturated rings. The Morgan fingerprint density at radius 1 is 0.553 bits per heavy atom. The van der Waals surface area contributed by atoms with Gasteiger partial charge in [-0.3, -0.25) is 19.2 Å². The van der Waals surface area contributed by atoms with Crippen molar-refractivity contribution in [2.24, 2.45) is 0 Å². The molecule has 0 bridgehead atoms. The highest BCUT2D eigenvalue weighted by molar-refractivity contribution is 5.92. The van der Waals surface area contributed by atoms with Crippen molar-refractivity contribution in [1.29, 1.82) is 0 Å². The molecular weight excluding hydrogens is 610 g/mol. The molecule has 0 spiro atoms. The SMILES string of the molecule is O=C(CNC(=O)OCc1ccccc1)NCC(=O)N[C@H](Cc1ccccc1)C(=O)NCC(=O)NCOCC(=O)OCc1ccccc1. The van der Waals surface area contributed by atoms with Crippen molar-refractivity contribution in [1.82, 2.24) is 26.6 Å². The molecule has 0 saturated heterocycles. The molecule has 3 rings (SSSR count). The largest absolute Gasteiger partial charge is 0.459 e. The van der Waals surface area contributed by atoms with Gasteiger partial charge in [0.2, 0.25) is 23.6 Å². The van der Waals surface area contributed by atoms with E-state index < -0.39 is 61.4 Å². The van der Waals surface area contributed by atoms with Gasteiger partial charge in [0.05, 0.1) is 13.1 Å². The molecule has 3 aromatic carbocycles. The van der Waals surface area contributed by atoms with Crippen molar-refractivity contribution in [3.63, 3.8) is 0 Å². The number of hydrogen-bond donors (Lipinski definition) is 5. The minimum absolute atomic E-state index is 0.0308. The van der Waals surface area contributed by atoms with Gasteiger partial charge in [0.25, 0.3) is 0 Å². The number of carbonyl (C=O) groups excluding carboxylic acids is 6. The van der Waals surface area contributed by atoms with Crippen LogP contribution in [0, 0.1) is 0 Å². The second-order valence-corrected chi connectivity index (χ2v) is 9.96. The minimum atomic E-state index is -1.07. The van der Waals surface area contributed by atoms with Gasteiger partial charge in [-0.15, -0.1) is 0 Å². The van der Waals surface area contributed by atoms with E-state index in [1.54, 1.807) is 54.6 Å². The van der Waals surface area contributed by atoms with Crippen molar-refractivity contribution < 1.29 is 43.0 Å². The lowest BCUT2D eigenvalue weighted by Gasteiger charge is -2.19. The number of alkyl carbamates (subject to hydrolysis) is 1. The molecule has 14 nitrogen and oxygen atoms in total. The summed E-state index contributed by atoms with van der Waals surface area (Å²) in [6, 6.07) is 25.9. The van der Waals surface area contributed by atoms with Gasteiger partial charge in [0.1, 0.15) is 39.1 Å². The molecule has 0 radical (unpaired) electrons. The van der Waals surface area contributed by atoms with Gasteiger partial charge in [-0.25, -0.2) is 9.59 Å². The number of nitrogens with one attached hydrogen (secondary N) is 5. The van der Waals surface area contributed by atoms with E-state index in [0.717, 1.165) is 16.7 Å². The third-order valence-electron chi connectivity index (χ3n) is 6.24. The number of rotatable bonds is 18. The van der Waals surface area contributed by atoms with Crippen LogP contribution in [0.1, 0.15) is 16.7 Å². The van der Waals surface area contributed by atoms with E-state index in [2.05, 4.69) is 26.6 Å². The fourth-order valence-corrected chi connectivity index (χ4v) is 3.87. The smallest absolute Gasteiger partial charge is 0.407 e. The normalized spacial score (nSPS) is 10.9. The Labute approximate surface area is 271 Å². The molecule has 0 aliphatic rings. The molecule has 47 heavy (non-hydrogen) atoms. The summed E-state index contributed by atoms with van der Waals surface area (Å²) >= 11 is 0. The molecule has 1 atom stereocenters. The van der Waals surface area contributed by atoms with E-state index in [1.807, 2.05) is 36.4 Å². The molecular formula is C33H37N5O9. The van der Waals surface area contributed by atoms with Crippen LogP contribution < -0.4 is 26.6 Å². The summed E-state index contributed by atoms with van der Waals surface area (Å²) in [7, 11) is 0. The maximum absolute atomic E-state index is 12.9. The predicted molar refractivity (Wildman–Crippen MR) is 168 cm³/mol. The number of ether oxygens (including phenoxy) is 3. The van der Waals surface area contributed by atoms with Crippen LogP contribution in [0.25, 0.3) is 0 Å². The van der Waals surface area contributed by atoms with E-state index in [9.17, 15) is 28.8 Å². The average Bonchev–Trinajstić information content (AvgIpc) is 3.09. The van der Waals surface area contributed by atoms with E-state index >= 15 is 0 Å². The lowest BCUT2D eigenvalue weighted by molar-refractivity contribution is -0.151. The quantitative estimate of drug-likeness (QED) is 0.0752. The first kappa shape index (κ1) is 35.7. The van der Waals surface area contributed by atoms with Crippen LogP contribution in [0.15, 0.2) is 91.0 Å². The summed E-state index contributed by atoms with van der Waals surface area (Å²) in [5.74, 6) is -3.16. The number of benzene rings is 3. The van der Waals surface area contributed by atoms with Gasteiger partial charge in [-0.1, -0.05) is 91.0 Å². The Morgan fingerprint density at radius 3 is 1.68 bits per heavy atom. The fourth-order valence-electron chi connectivity index (χ4n) is 3.87. The molecule has 0 heterocycles. The van der Waals surface area contributed by atoms with E-state index in [4.69, 9.17) is 14.2 Å². The van der Waals surface area contributed by atoms with E-state index in [0.29, 0.717) is 0 Å². The predicted octanol–water partition coefficient (Wildman–Crippen LogP) is 0.706. The highest BCUT2D eigenvalue weighted by Gasteiger charge is 2.22. The van der Waals surface area contributed by atoms with Crippen LogP contribution in [0.2, 0.25) is 0 Å². The Kier molecular flexibility index (Phi) is 15.4. The monoisotopic (exact) mass is 647 g/mol. The van der Waals surface area contributed by atoms with Crippen LogP contribution in [-0.2, 0) is 57.8 Å². The van der Waals surface area contributed by atoms with Crippen molar-refractivity contribution in [3.8, 4) is 0 Å². The average molecular weight is 648 g/mol. The number of hydrogen-bond acceptors (Lipinski definition) is 9. The Morgan fingerprint density at radius 2 is 1.06 bits per heavy atom. The molecule has 0 saturated carbocycles. The Balaban J connectivity index is 1.35. The standard InChI is InChI=1S/C33H37N5O9/c39-28(18-36-33(44)47-21-26-14-8-3-9-15-26)34-19-30(41)38-27(16-24-10-4-1-5-11-24)32(43)35-17-29(40)37-23-45-22-31(42)46-20-25-12-6-2-7-13-25/h1-15,27H,16-23H2,(H,34,39)(H,35,43)(H,36,44)(H,37,40)(H,38,41)/t27-/m1/s1. The summed E-state index contributed by atoms with van der Waals surface area (Å²) in [6.45, 7) is -1.87. The summed E-state index contributed by atoms with van der Waals surface area (Å²) in [6.07, 6.45) is -0.693. The van der Waals surface area contributed by atoms with Crippen molar-refractivity contribution >= 4 is 35.7 Å². The summed E-state index contributed by atoms with van der Waals surface area (Å²) in [5.41, 5.74) is 2.34. The number of carbonyl (C=O) groups is 6. The first-order valence-corrected chi connectivity index (χ1v) is 14.6. The highest BCUT2D eigenvalue weighted by atomic mass is 16.6. The van der Waals surface area contributed by atoms with Gasteiger partial charge in [-0.2, -0.15) is 0 Å². The zero-order valence-corrected chi connectivity index (χ0v) is 25.6. The van der Waals surface area contributed by atoms with Gasteiger partial charge in [0, 0.05) is 6.42 Å². The zero-order valence-electron chi connectivity index (χ0n) is 25.6. The Hall–Kier alpha value is -5.76. The topological polar surface area (TPSA) is 190 Å². The third-order valence-corrected chi connectivity index (χ3v) is 6.24. The number of esters is 1. The second kappa shape index (κ2) is 20.3. The lowest BCUT2D eigenvalue weighted by Crippen LogP contribution is -2.52. The molecule has 14 heteroatoms. The molecule has 0 aromatic heterocycles. The molecule has 5 amide bonds. The molecule has 0 unspecified atom stereocenters. The maximum Gasteiger partial charge on any atom is 0.407 e. The third kappa shape index (κ3) is 15.2. The second-order valence-electron chi connectivity index (χ2n) is 9.96. The molecule has 0 aliphatic carbocycles. The number of amides is 5. The molecule has 3 aromatic rings. The van der Waals surface area contributed by atoms with E-state index in [1.165, 1.54) is 0 Å². The molecule has 248 valence electrons. The van der Waals surface area contributed by atoms with Gasteiger partial charge in [-0.05, 0) is 16.7 Å². The fraction of sp³-hybridized carbons (Fsp3) is 0.273. The molecule has 0 aliphatic heterocycles. The maximum atomic E-state index is 12.9. The minimum Gasteiger partial charge on any atom is -0.459 e. The van der Waals surface area contributed by atoms with Crippen LogP contribution in [-0.4, -0.2) is 74.7 Å². The first-order valence-electron chi connectivity index (χ1n) is 14.6. The van der Waals surface area contributed by atoms with Crippen LogP contribution in [0.3, 0.4) is 0 Å². The van der Waals surface area contributed by atoms with Crippen molar-refractivity contribution in [3.05, 3.63) is 108 Å². The summed E-state index contributed by atoms with van der Waals surface area (Å²) < 4.78 is 15.2. The van der Waals surface area contributed by atoms with E-state index in [-0.39, 0.29) is 33.0 Å². The highest BCUT2D eigenvalue weighted by Crippen LogP contribution is 2.04. The summed E-state index contributed by atoms with van der Waals surface area (Å²) in [5, 5.41) is 12.1. The summed E-state index contributed by atoms with van der Waals surface area (Å²) in [4.78, 5) is 73.5. The lowest BCUT2D eigenvalue weighted by atomic mass is 10.1. The van der Waals surface area contributed by atoms with Gasteiger partial charge < -0.3 is 40.8 Å². The van der Waals surface area contributed by atoms with Crippen LogP contribution in [0.5, 0.6) is 0 Å². The van der Waals surface area contributed by atoms with Gasteiger partial charge in [0.15, 0.2) is 0 Å². The van der Waals surface area contributed by atoms with Crippen molar-refractivity contribution in [2.75, 3.05) is 33.0 Å². The first-order chi connectivity index (χ1) is 22.8.